The summed E-state index contributed by atoms with van der Waals surface area (Å²) in [4.78, 5) is 17.1. The van der Waals surface area contributed by atoms with Gasteiger partial charge >= 0.3 is 0 Å². The second-order valence-corrected chi connectivity index (χ2v) is 8.55. The Balaban J connectivity index is 1.43. The maximum Gasteiger partial charge on any atom is 0.257 e. The van der Waals surface area contributed by atoms with Crippen molar-refractivity contribution in [2.75, 3.05) is 43.4 Å². The Morgan fingerprint density at radius 1 is 1.00 bits per heavy atom. The fourth-order valence-corrected chi connectivity index (χ4v) is 3.84. The minimum absolute atomic E-state index is 0.259. The van der Waals surface area contributed by atoms with Crippen molar-refractivity contribution in [1.29, 1.82) is 0 Å². The van der Waals surface area contributed by atoms with Crippen LogP contribution < -0.4 is 10.2 Å². The molecule has 4 rings (SSSR count). The molecule has 6 nitrogen and oxygen atoms in total. The van der Waals surface area contributed by atoms with Gasteiger partial charge in [0.25, 0.3) is 5.91 Å². The Morgan fingerprint density at radius 2 is 1.73 bits per heavy atom. The molecule has 1 aromatic heterocycles. The SMILES string of the molecule is CN1CCN(c2ccc(-c3ccc(NC(=O)c4cc(Br)ccc4Cl)cc3)nn2)CC1. The van der Waals surface area contributed by atoms with Gasteiger partial charge in [0.05, 0.1) is 16.3 Å². The first-order valence-electron chi connectivity index (χ1n) is 9.64. The molecule has 8 heteroatoms. The number of benzene rings is 2. The van der Waals surface area contributed by atoms with Gasteiger partial charge in [-0.15, -0.1) is 10.2 Å². The molecule has 0 saturated carbocycles. The highest BCUT2D eigenvalue weighted by Gasteiger charge is 2.16. The van der Waals surface area contributed by atoms with Crippen molar-refractivity contribution in [1.82, 2.24) is 15.1 Å². The topological polar surface area (TPSA) is 61.4 Å². The number of hydrogen-bond acceptors (Lipinski definition) is 5. The first-order chi connectivity index (χ1) is 14.5. The number of likely N-dealkylation sites (N-methyl/N-ethyl adjacent to an activating group) is 1. The van der Waals surface area contributed by atoms with Crippen LogP contribution in [0.5, 0.6) is 0 Å². The lowest BCUT2D eigenvalue weighted by molar-refractivity contribution is 0.102. The smallest absolute Gasteiger partial charge is 0.257 e. The number of hydrogen-bond donors (Lipinski definition) is 1. The van der Waals surface area contributed by atoms with Crippen LogP contribution in [0.1, 0.15) is 10.4 Å². The van der Waals surface area contributed by atoms with E-state index in [9.17, 15) is 4.79 Å². The number of rotatable bonds is 4. The molecule has 1 N–H and O–H groups in total. The molecule has 0 spiro atoms. The number of nitrogens with one attached hydrogen (secondary N) is 1. The maximum absolute atomic E-state index is 12.5. The summed E-state index contributed by atoms with van der Waals surface area (Å²) in [5.41, 5.74) is 2.83. The number of carbonyl (C=O) groups excluding carboxylic acids is 1. The fourth-order valence-electron chi connectivity index (χ4n) is 3.28. The normalized spacial score (nSPS) is 14.6. The highest BCUT2D eigenvalue weighted by molar-refractivity contribution is 9.10. The van der Waals surface area contributed by atoms with Crippen LogP contribution in [-0.2, 0) is 0 Å². The maximum atomic E-state index is 12.5. The number of halogens is 2. The lowest BCUT2D eigenvalue weighted by Crippen LogP contribution is -2.44. The molecular formula is C22H21BrClN5O. The third kappa shape index (κ3) is 4.80. The molecule has 1 amide bonds. The molecule has 0 atom stereocenters. The molecule has 0 unspecified atom stereocenters. The zero-order valence-corrected chi connectivity index (χ0v) is 18.8. The molecule has 2 aromatic carbocycles. The second kappa shape index (κ2) is 9.12. The second-order valence-electron chi connectivity index (χ2n) is 7.22. The van der Waals surface area contributed by atoms with Gasteiger partial charge in [-0.3, -0.25) is 4.79 Å². The van der Waals surface area contributed by atoms with Crippen LogP contribution in [-0.4, -0.2) is 54.2 Å². The third-order valence-corrected chi connectivity index (χ3v) is 5.91. The summed E-state index contributed by atoms with van der Waals surface area (Å²) in [5, 5.41) is 12.1. The van der Waals surface area contributed by atoms with Crippen molar-refractivity contribution >= 4 is 44.9 Å². The Bertz CT molecular complexity index is 1030. The minimum atomic E-state index is -0.259. The van der Waals surface area contributed by atoms with E-state index in [-0.39, 0.29) is 5.91 Å². The molecule has 1 aliphatic rings. The van der Waals surface area contributed by atoms with Gasteiger partial charge < -0.3 is 15.1 Å². The molecule has 0 radical (unpaired) electrons. The molecule has 0 aliphatic carbocycles. The van der Waals surface area contributed by atoms with Crippen LogP contribution in [0.4, 0.5) is 11.5 Å². The van der Waals surface area contributed by atoms with Crippen molar-refractivity contribution in [3.05, 3.63) is 69.7 Å². The van der Waals surface area contributed by atoms with Crippen molar-refractivity contribution in [3.8, 4) is 11.3 Å². The van der Waals surface area contributed by atoms with Crippen molar-refractivity contribution in [2.24, 2.45) is 0 Å². The van der Waals surface area contributed by atoms with Gasteiger partial charge in [-0.1, -0.05) is 39.7 Å². The number of amides is 1. The summed E-state index contributed by atoms with van der Waals surface area (Å²) in [7, 11) is 2.13. The minimum Gasteiger partial charge on any atom is -0.353 e. The Labute approximate surface area is 189 Å². The van der Waals surface area contributed by atoms with E-state index >= 15 is 0 Å². The van der Waals surface area contributed by atoms with Crippen LogP contribution in [0.25, 0.3) is 11.3 Å². The molecular weight excluding hydrogens is 466 g/mol. The molecule has 1 saturated heterocycles. The van der Waals surface area contributed by atoms with E-state index in [4.69, 9.17) is 11.6 Å². The first-order valence-corrected chi connectivity index (χ1v) is 10.8. The van der Waals surface area contributed by atoms with E-state index in [1.807, 2.05) is 36.4 Å². The van der Waals surface area contributed by atoms with E-state index in [1.165, 1.54) is 0 Å². The van der Waals surface area contributed by atoms with E-state index in [1.54, 1.807) is 18.2 Å². The van der Waals surface area contributed by atoms with E-state index < -0.39 is 0 Å². The van der Waals surface area contributed by atoms with Gasteiger partial charge in [0.1, 0.15) is 0 Å². The number of aromatic nitrogens is 2. The number of nitrogens with zero attached hydrogens (tertiary/aromatic N) is 4. The van der Waals surface area contributed by atoms with E-state index in [0.29, 0.717) is 16.3 Å². The lowest BCUT2D eigenvalue weighted by Gasteiger charge is -2.32. The fraction of sp³-hybridized carbons (Fsp3) is 0.227. The predicted octanol–water partition coefficient (Wildman–Crippen LogP) is 4.56. The number of piperazine rings is 1. The predicted molar refractivity (Wildman–Crippen MR) is 124 cm³/mol. The molecule has 1 fully saturated rings. The van der Waals surface area contributed by atoms with Crippen LogP contribution in [0.15, 0.2) is 59.1 Å². The van der Waals surface area contributed by atoms with Crippen molar-refractivity contribution < 1.29 is 4.79 Å². The Morgan fingerprint density at radius 3 is 2.40 bits per heavy atom. The Kier molecular flexibility index (Phi) is 6.32. The van der Waals surface area contributed by atoms with Crippen LogP contribution in [0.2, 0.25) is 5.02 Å². The molecule has 0 bridgehead atoms. The molecule has 154 valence electrons. The largest absolute Gasteiger partial charge is 0.353 e. The van der Waals surface area contributed by atoms with E-state index in [0.717, 1.165) is 47.7 Å². The number of carbonyl (C=O) groups is 1. The van der Waals surface area contributed by atoms with Crippen LogP contribution >= 0.6 is 27.5 Å². The van der Waals surface area contributed by atoms with Gasteiger partial charge in [0.15, 0.2) is 5.82 Å². The first kappa shape index (κ1) is 20.8. The van der Waals surface area contributed by atoms with Crippen LogP contribution in [0.3, 0.4) is 0 Å². The molecule has 30 heavy (non-hydrogen) atoms. The third-order valence-electron chi connectivity index (χ3n) is 5.09. The highest BCUT2D eigenvalue weighted by Crippen LogP contribution is 2.24. The summed E-state index contributed by atoms with van der Waals surface area (Å²) in [6, 6.07) is 16.7. The zero-order valence-electron chi connectivity index (χ0n) is 16.5. The van der Waals surface area contributed by atoms with E-state index in [2.05, 4.69) is 48.3 Å². The Hall–Kier alpha value is -2.48. The monoisotopic (exact) mass is 485 g/mol. The molecule has 2 heterocycles. The van der Waals surface area contributed by atoms with Gasteiger partial charge in [-0.25, -0.2) is 0 Å². The summed E-state index contributed by atoms with van der Waals surface area (Å²) < 4.78 is 0.797. The van der Waals surface area contributed by atoms with Gasteiger partial charge in [-0.2, -0.15) is 0 Å². The zero-order chi connectivity index (χ0) is 21.1. The van der Waals surface area contributed by atoms with Gasteiger partial charge in [0.2, 0.25) is 0 Å². The summed E-state index contributed by atoms with van der Waals surface area (Å²) in [5.74, 6) is 0.645. The quantitative estimate of drug-likeness (QED) is 0.586. The number of anilines is 2. The average Bonchev–Trinajstić information content (AvgIpc) is 2.76. The lowest BCUT2D eigenvalue weighted by atomic mass is 10.1. The van der Waals surface area contributed by atoms with Gasteiger partial charge in [0, 0.05) is 41.9 Å². The summed E-state index contributed by atoms with van der Waals surface area (Å²) in [6.45, 7) is 3.98. The van der Waals surface area contributed by atoms with Crippen molar-refractivity contribution in [2.45, 2.75) is 0 Å². The summed E-state index contributed by atoms with van der Waals surface area (Å²) >= 11 is 9.50. The highest BCUT2D eigenvalue weighted by atomic mass is 79.9. The van der Waals surface area contributed by atoms with Crippen molar-refractivity contribution in [3.63, 3.8) is 0 Å². The molecule has 3 aromatic rings. The summed E-state index contributed by atoms with van der Waals surface area (Å²) in [6.07, 6.45) is 0. The average molecular weight is 487 g/mol. The van der Waals surface area contributed by atoms with Crippen LogP contribution in [0, 0.1) is 0 Å². The van der Waals surface area contributed by atoms with Gasteiger partial charge in [-0.05, 0) is 49.5 Å². The molecule has 1 aliphatic heterocycles. The standard InChI is InChI=1S/C22H21BrClN5O/c1-28-10-12-29(13-11-28)21-9-8-20(26-27-21)15-2-5-17(6-3-15)25-22(30)18-14-16(23)4-7-19(18)24/h2-9,14H,10-13H2,1H3,(H,25,30).